The van der Waals surface area contributed by atoms with Crippen LogP contribution in [0.2, 0.25) is 0 Å². The fourth-order valence-electron chi connectivity index (χ4n) is 2.64. The molecule has 3 aromatic heterocycles. The van der Waals surface area contributed by atoms with Crippen LogP contribution >= 0.6 is 0 Å². The van der Waals surface area contributed by atoms with Crippen LogP contribution in [0.5, 0.6) is 0 Å². The molecule has 7 heteroatoms. The van der Waals surface area contributed by atoms with Gasteiger partial charge in [0.15, 0.2) is 5.65 Å². The number of fused-ring (bicyclic) bond motifs is 1. The Morgan fingerprint density at radius 1 is 0.929 bits per heavy atom. The molecule has 0 aliphatic rings. The molecule has 0 spiro atoms. The zero-order valence-corrected chi connectivity index (χ0v) is 15.9. The molecule has 0 aliphatic heterocycles. The molecule has 140 valence electrons. The van der Waals surface area contributed by atoms with E-state index in [1.807, 2.05) is 75.4 Å². The van der Waals surface area contributed by atoms with Crippen molar-refractivity contribution in [1.29, 1.82) is 0 Å². The van der Waals surface area contributed by atoms with Gasteiger partial charge in [0.2, 0.25) is 11.7 Å². The molecule has 4 aromatic rings. The molecule has 0 radical (unpaired) electrons. The zero-order chi connectivity index (χ0) is 19.7. The van der Waals surface area contributed by atoms with Crippen molar-refractivity contribution in [3.05, 3.63) is 60.8 Å². The lowest BCUT2D eigenvalue weighted by molar-refractivity contribution is -0.123. The number of carbonyl (C=O) groups is 1. The molecule has 7 nitrogen and oxygen atoms in total. The number of anilines is 1. The van der Waals surface area contributed by atoms with E-state index < -0.39 is 5.41 Å². The highest BCUT2D eigenvalue weighted by Gasteiger charge is 2.21. The summed E-state index contributed by atoms with van der Waals surface area (Å²) in [6.07, 6.45) is 1.71. The molecular weight excluding hydrogens is 352 g/mol. The SMILES string of the molecule is CC(C)(C)C(=O)Nc1ccc(-c2ccc3nnc(-c4ccccn4)n3n2)cc1. The van der Waals surface area contributed by atoms with Crippen molar-refractivity contribution in [3.8, 4) is 22.8 Å². The summed E-state index contributed by atoms with van der Waals surface area (Å²) in [6.45, 7) is 5.65. The van der Waals surface area contributed by atoms with Crippen LogP contribution in [-0.2, 0) is 4.79 Å². The van der Waals surface area contributed by atoms with E-state index in [1.54, 1.807) is 10.7 Å². The summed E-state index contributed by atoms with van der Waals surface area (Å²) in [5.74, 6) is 0.566. The smallest absolute Gasteiger partial charge is 0.229 e. The molecule has 0 unspecified atom stereocenters. The van der Waals surface area contributed by atoms with Gasteiger partial charge >= 0.3 is 0 Å². The van der Waals surface area contributed by atoms with Gasteiger partial charge in [0.25, 0.3) is 0 Å². The molecule has 1 amide bonds. The van der Waals surface area contributed by atoms with E-state index in [9.17, 15) is 4.79 Å². The number of hydrogen-bond donors (Lipinski definition) is 1. The molecule has 0 atom stereocenters. The Bertz CT molecular complexity index is 1130. The van der Waals surface area contributed by atoms with Gasteiger partial charge in [-0.2, -0.15) is 9.61 Å². The van der Waals surface area contributed by atoms with Crippen LogP contribution in [0.4, 0.5) is 5.69 Å². The summed E-state index contributed by atoms with van der Waals surface area (Å²) in [7, 11) is 0. The van der Waals surface area contributed by atoms with Crippen molar-refractivity contribution in [1.82, 2.24) is 24.8 Å². The number of aromatic nitrogens is 5. The van der Waals surface area contributed by atoms with Crippen LogP contribution < -0.4 is 5.32 Å². The summed E-state index contributed by atoms with van der Waals surface area (Å²) in [5.41, 5.74) is 3.37. The average molecular weight is 372 g/mol. The van der Waals surface area contributed by atoms with E-state index >= 15 is 0 Å². The molecule has 1 N–H and O–H groups in total. The second-order valence-corrected chi connectivity index (χ2v) is 7.51. The molecule has 0 fully saturated rings. The van der Waals surface area contributed by atoms with E-state index in [0.29, 0.717) is 17.2 Å². The monoisotopic (exact) mass is 372 g/mol. The standard InChI is InChI=1S/C21H20N6O/c1-21(2,3)20(28)23-15-9-7-14(8-10-15)16-11-12-18-24-25-19(27(18)26-16)17-6-4-5-13-22-17/h4-13H,1-3H3,(H,23,28). The van der Waals surface area contributed by atoms with Crippen molar-refractivity contribution in [2.45, 2.75) is 20.8 Å². The Morgan fingerprint density at radius 3 is 2.39 bits per heavy atom. The lowest BCUT2D eigenvalue weighted by Crippen LogP contribution is -2.27. The van der Waals surface area contributed by atoms with Gasteiger partial charge in [0.05, 0.1) is 5.69 Å². The highest BCUT2D eigenvalue weighted by atomic mass is 16.2. The second-order valence-electron chi connectivity index (χ2n) is 7.51. The van der Waals surface area contributed by atoms with Crippen molar-refractivity contribution in [3.63, 3.8) is 0 Å². The van der Waals surface area contributed by atoms with E-state index in [4.69, 9.17) is 0 Å². The van der Waals surface area contributed by atoms with E-state index in [1.165, 1.54) is 0 Å². The topological polar surface area (TPSA) is 85.1 Å². The number of rotatable bonds is 3. The molecule has 4 rings (SSSR count). The first-order valence-corrected chi connectivity index (χ1v) is 8.97. The number of nitrogens with zero attached hydrogens (tertiary/aromatic N) is 5. The Morgan fingerprint density at radius 2 is 1.71 bits per heavy atom. The molecule has 3 heterocycles. The molecule has 0 saturated carbocycles. The number of benzene rings is 1. The molecular formula is C21H20N6O. The third-order valence-corrected chi connectivity index (χ3v) is 4.28. The fourth-order valence-corrected chi connectivity index (χ4v) is 2.64. The summed E-state index contributed by atoms with van der Waals surface area (Å²) in [5, 5.41) is 16.0. The van der Waals surface area contributed by atoms with Gasteiger partial charge in [0.1, 0.15) is 5.69 Å². The highest BCUT2D eigenvalue weighted by Crippen LogP contribution is 2.23. The molecule has 0 bridgehead atoms. The first-order valence-electron chi connectivity index (χ1n) is 8.97. The largest absolute Gasteiger partial charge is 0.326 e. The van der Waals surface area contributed by atoms with Crippen LogP contribution in [0.1, 0.15) is 20.8 Å². The van der Waals surface area contributed by atoms with Crippen molar-refractivity contribution in [2.75, 3.05) is 5.32 Å². The van der Waals surface area contributed by atoms with Crippen LogP contribution in [0.15, 0.2) is 60.8 Å². The first kappa shape index (κ1) is 17.8. The fraction of sp³-hybridized carbons (Fsp3) is 0.190. The van der Waals surface area contributed by atoms with Gasteiger partial charge in [-0.05, 0) is 36.4 Å². The third kappa shape index (κ3) is 3.46. The van der Waals surface area contributed by atoms with Crippen LogP contribution in [0, 0.1) is 5.41 Å². The van der Waals surface area contributed by atoms with E-state index in [2.05, 4.69) is 25.6 Å². The van der Waals surface area contributed by atoms with E-state index in [-0.39, 0.29) is 5.91 Å². The summed E-state index contributed by atoms with van der Waals surface area (Å²) < 4.78 is 1.69. The number of carbonyl (C=O) groups excluding carboxylic acids is 1. The Balaban J connectivity index is 1.65. The molecule has 0 saturated heterocycles. The van der Waals surface area contributed by atoms with Crippen LogP contribution in [0.25, 0.3) is 28.4 Å². The Hall–Kier alpha value is -3.61. The van der Waals surface area contributed by atoms with Crippen molar-refractivity contribution < 1.29 is 4.79 Å². The maximum absolute atomic E-state index is 12.1. The van der Waals surface area contributed by atoms with Gasteiger partial charge in [-0.3, -0.25) is 9.78 Å². The first-order chi connectivity index (χ1) is 13.4. The maximum atomic E-state index is 12.1. The predicted octanol–water partition coefficient (Wildman–Crippen LogP) is 3.84. The minimum absolute atomic E-state index is 0.0238. The van der Waals surface area contributed by atoms with Gasteiger partial charge < -0.3 is 5.32 Å². The molecule has 1 aromatic carbocycles. The third-order valence-electron chi connectivity index (χ3n) is 4.28. The minimum Gasteiger partial charge on any atom is -0.326 e. The highest BCUT2D eigenvalue weighted by molar-refractivity contribution is 5.94. The van der Waals surface area contributed by atoms with Crippen molar-refractivity contribution in [2.24, 2.45) is 5.41 Å². The second kappa shape index (κ2) is 6.84. The quantitative estimate of drug-likeness (QED) is 0.591. The Labute approximate surface area is 162 Å². The summed E-state index contributed by atoms with van der Waals surface area (Å²) in [4.78, 5) is 16.5. The number of amides is 1. The van der Waals surface area contributed by atoms with Gasteiger partial charge in [-0.1, -0.05) is 39.0 Å². The number of nitrogens with one attached hydrogen (secondary N) is 1. The molecule has 0 aliphatic carbocycles. The minimum atomic E-state index is -0.443. The average Bonchev–Trinajstić information content (AvgIpc) is 3.12. The summed E-state index contributed by atoms with van der Waals surface area (Å²) in [6, 6.07) is 17.0. The van der Waals surface area contributed by atoms with Crippen LogP contribution in [0.3, 0.4) is 0 Å². The Kier molecular flexibility index (Phi) is 4.35. The number of hydrogen-bond acceptors (Lipinski definition) is 5. The van der Waals surface area contributed by atoms with E-state index in [0.717, 1.165) is 16.9 Å². The normalized spacial score (nSPS) is 11.5. The zero-order valence-electron chi connectivity index (χ0n) is 15.9. The van der Waals surface area contributed by atoms with Crippen molar-refractivity contribution >= 4 is 17.2 Å². The van der Waals surface area contributed by atoms with Gasteiger partial charge in [-0.15, -0.1) is 10.2 Å². The molecule has 28 heavy (non-hydrogen) atoms. The van der Waals surface area contributed by atoms with Crippen LogP contribution in [-0.4, -0.2) is 30.7 Å². The maximum Gasteiger partial charge on any atom is 0.229 e. The lowest BCUT2D eigenvalue weighted by atomic mass is 9.95. The van der Waals surface area contributed by atoms with Gasteiger partial charge in [0, 0.05) is 22.9 Å². The predicted molar refractivity (Wildman–Crippen MR) is 108 cm³/mol. The number of pyridine rings is 1. The lowest BCUT2D eigenvalue weighted by Gasteiger charge is -2.17. The summed E-state index contributed by atoms with van der Waals surface area (Å²) >= 11 is 0. The van der Waals surface area contributed by atoms with Gasteiger partial charge in [-0.25, -0.2) is 0 Å².